The number of pyridine rings is 1. The van der Waals surface area contributed by atoms with Crippen molar-refractivity contribution in [3.05, 3.63) is 52.5 Å². The van der Waals surface area contributed by atoms with Crippen molar-refractivity contribution < 1.29 is 14.3 Å². The van der Waals surface area contributed by atoms with Crippen molar-refractivity contribution in [1.29, 1.82) is 0 Å². The van der Waals surface area contributed by atoms with Crippen molar-refractivity contribution in [2.45, 2.75) is 118 Å². The summed E-state index contributed by atoms with van der Waals surface area (Å²) >= 11 is 0. The van der Waals surface area contributed by atoms with E-state index in [1.807, 2.05) is 31.2 Å². The van der Waals surface area contributed by atoms with Crippen LogP contribution in [0.1, 0.15) is 132 Å². The average molecular weight is 686 g/mol. The Labute approximate surface area is 299 Å². The molecule has 1 amide bonds. The van der Waals surface area contributed by atoms with Crippen LogP contribution in [-0.2, 0) is 0 Å². The lowest BCUT2D eigenvalue weighted by atomic mass is 10.1. The number of unbranched alkanes of at least 4 members (excludes halogenated alkanes) is 11. The minimum Gasteiger partial charge on any atom is -0.497 e. The summed E-state index contributed by atoms with van der Waals surface area (Å²) in [5.41, 5.74) is 3.25. The van der Waals surface area contributed by atoms with Crippen LogP contribution in [0.4, 0.5) is 5.82 Å². The van der Waals surface area contributed by atoms with Gasteiger partial charge in [0.1, 0.15) is 17.3 Å². The third-order valence-electron chi connectivity index (χ3n) is 9.31. The highest BCUT2D eigenvalue weighted by atomic mass is 16.5. The molecule has 3 aromatic heterocycles. The van der Waals surface area contributed by atoms with Crippen LogP contribution in [0.2, 0.25) is 0 Å². The van der Waals surface area contributed by atoms with E-state index in [1.165, 1.54) is 77.0 Å². The molecule has 0 aliphatic heterocycles. The number of carbonyl (C=O) groups is 1. The van der Waals surface area contributed by atoms with E-state index in [4.69, 9.17) is 19.6 Å². The molecule has 1 aromatic carbocycles. The second kappa shape index (κ2) is 20.5. The minimum atomic E-state index is -0.245. The highest BCUT2D eigenvalue weighted by molar-refractivity contribution is 5.94. The first-order chi connectivity index (χ1) is 24.4. The minimum absolute atomic E-state index is 0.245. The van der Waals surface area contributed by atoms with E-state index >= 15 is 0 Å². The van der Waals surface area contributed by atoms with E-state index in [0.29, 0.717) is 46.0 Å². The fourth-order valence-corrected chi connectivity index (χ4v) is 6.27. The predicted octanol–water partition coefficient (Wildman–Crippen LogP) is 8.12. The van der Waals surface area contributed by atoms with Crippen LogP contribution in [0, 0.1) is 6.92 Å². The van der Waals surface area contributed by atoms with Crippen molar-refractivity contribution >= 4 is 23.4 Å². The number of hydrogen-bond acceptors (Lipinski definition) is 8. The molecule has 0 atom stereocenters. The van der Waals surface area contributed by atoms with Crippen molar-refractivity contribution in [1.82, 2.24) is 30.1 Å². The zero-order valence-electron chi connectivity index (χ0n) is 31.4. The lowest BCUT2D eigenvalue weighted by Gasteiger charge is -2.24. The fraction of sp³-hybridized carbons (Fsp3) is 0.575. The summed E-state index contributed by atoms with van der Waals surface area (Å²) in [4.78, 5) is 21.1. The van der Waals surface area contributed by atoms with Crippen LogP contribution in [0.25, 0.3) is 23.1 Å². The zero-order chi connectivity index (χ0) is 35.7. The first-order valence-corrected chi connectivity index (χ1v) is 19.0. The third kappa shape index (κ3) is 10.4. The molecule has 10 heteroatoms. The Bertz CT molecular complexity index is 1670. The number of amides is 1. The summed E-state index contributed by atoms with van der Waals surface area (Å²) in [5, 5.41) is 17.4. The summed E-state index contributed by atoms with van der Waals surface area (Å²) in [6, 6.07) is 9.72. The lowest BCUT2D eigenvalue weighted by Crippen LogP contribution is -2.29. The van der Waals surface area contributed by atoms with Crippen LogP contribution >= 0.6 is 0 Å². The topological polar surface area (TPSA) is 107 Å². The largest absolute Gasteiger partial charge is 0.497 e. The van der Waals surface area contributed by atoms with Gasteiger partial charge in [-0.15, -0.1) is 10.2 Å². The molecule has 0 bridgehead atoms. The van der Waals surface area contributed by atoms with Crippen molar-refractivity contribution in [2.75, 3.05) is 38.8 Å². The van der Waals surface area contributed by atoms with Gasteiger partial charge in [0.2, 0.25) is 0 Å². The molecule has 10 nitrogen and oxygen atoms in total. The summed E-state index contributed by atoms with van der Waals surface area (Å²) in [6.07, 6.45) is 19.1. The van der Waals surface area contributed by atoms with Gasteiger partial charge < -0.3 is 19.7 Å². The van der Waals surface area contributed by atoms with Crippen LogP contribution in [0.15, 0.2) is 30.3 Å². The number of ether oxygens (including phenoxy) is 2. The monoisotopic (exact) mass is 685 g/mol. The number of anilines is 1. The van der Waals surface area contributed by atoms with Gasteiger partial charge in [0.05, 0.1) is 25.0 Å². The Morgan fingerprint density at radius 3 is 2.10 bits per heavy atom. The predicted molar refractivity (Wildman–Crippen MR) is 203 cm³/mol. The molecule has 0 saturated heterocycles. The van der Waals surface area contributed by atoms with Gasteiger partial charge in [-0.2, -0.15) is 9.61 Å². The van der Waals surface area contributed by atoms with Gasteiger partial charge >= 0.3 is 0 Å². The highest BCUT2D eigenvalue weighted by Gasteiger charge is 2.23. The number of aromatic nitrogens is 5. The van der Waals surface area contributed by atoms with E-state index in [2.05, 4.69) is 53.3 Å². The quantitative estimate of drug-likeness (QED) is 0.0781. The standard InChI is InChI=1S/C40H59N7O3/c1-7-10-13-15-17-19-26-46(27-20-18-16-14-11-8-2)36-24-21-31(30(4)42-36)28-34-37(40(48)41-25-12-9-3)45-47-38(43-44-39(34)47)33-29-32(49-5)22-23-35(33)50-6/h21-24,28-29H,7-20,25-27H2,1-6H3,(H,41,48). The average Bonchev–Trinajstić information content (AvgIpc) is 3.70. The van der Waals surface area contributed by atoms with E-state index in [-0.39, 0.29) is 5.91 Å². The fourth-order valence-electron chi connectivity index (χ4n) is 6.27. The van der Waals surface area contributed by atoms with Gasteiger partial charge in [0.25, 0.3) is 5.91 Å². The molecule has 1 N–H and O–H groups in total. The molecule has 0 spiro atoms. The molecular formula is C40H59N7O3. The van der Waals surface area contributed by atoms with Crippen LogP contribution in [0.3, 0.4) is 0 Å². The molecule has 0 aliphatic rings. The second-order valence-electron chi connectivity index (χ2n) is 13.2. The Kier molecular flexibility index (Phi) is 15.8. The van der Waals surface area contributed by atoms with Crippen LogP contribution in [0.5, 0.6) is 11.5 Å². The molecule has 50 heavy (non-hydrogen) atoms. The van der Waals surface area contributed by atoms with Gasteiger partial charge in [-0.1, -0.05) is 91.4 Å². The number of rotatable bonds is 23. The molecular weight excluding hydrogens is 626 g/mol. The maximum Gasteiger partial charge on any atom is 0.272 e. The molecule has 4 aromatic rings. The lowest BCUT2D eigenvalue weighted by molar-refractivity contribution is 0.0947. The second-order valence-corrected chi connectivity index (χ2v) is 13.2. The number of nitrogens with one attached hydrogen (secondary N) is 1. The Balaban J connectivity index is 1.68. The van der Waals surface area contributed by atoms with E-state index < -0.39 is 0 Å². The van der Waals surface area contributed by atoms with Crippen LogP contribution in [-0.4, -0.2) is 64.6 Å². The highest BCUT2D eigenvalue weighted by Crippen LogP contribution is 2.32. The third-order valence-corrected chi connectivity index (χ3v) is 9.31. The van der Waals surface area contributed by atoms with Gasteiger partial charge in [-0.05, 0) is 68.2 Å². The number of nitrogens with zero attached hydrogens (tertiary/aromatic N) is 6. The normalized spacial score (nSPS) is 11.8. The van der Waals surface area contributed by atoms with E-state index in [9.17, 15) is 4.79 Å². The van der Waals surface area contributed by atoms with Gasteiger partial charge in [0.15, 0.2) is 17.2 Å². The van der Waals surface area contributed by atoms with Crippen molar-refractivity contribution in [2.24, 2.45) is 0 Å². The summed E-state index contributed by atoms with van der Waals surface area (Å²) in [6.45, 7) is 11.3. The molecule has 0 unspecified atom stereocenters. The number of fused-ring (bicyclic) bond motifs is 1. The van der Waals surface area contributed by atoms with Crippen molar-refractivity contribution in [3.63, 3.8) is 0 Å². The zero-order valence-corrected chi connectivity index (χ0v) is 31.4. The Morgan fingerprint density at radius 1 is 0.820 bits per heavy atom. The molecule has 4 rings (SSSR count). The van der Waals surface area contributed by atoms with Gasteiger partial charge in [0, 0.05) is 25.3 Å². The van der Waals surface area contributed by atoms with Crippen molar-refractivity contribution in [3.8, 4) is 22.9 Å². The number of benzene rings is 1. The molecule has 3 heterocycles. The Morgan fingerprint density at radius 2 is 1.48 bits per heavy atom. The molecule has 272 valence electrons. The molecule has 0 fully saturated rings. The number of hydrogen-bond donors (Lipinski definition) is 1. The summed E-state index contributed by atoms with van der Waals surface area (Å²) in [5.74, 6) is 2.48. The Hall–Kier alpha value is -4.21. The number of methoxy groups -OCH3 is 2. The van der Waals surface area contributed by atoms with E-state index in [1.54, 1.807) is 18.7 Å². The smallest absolute Gasteiger partial charge is 0.272 e. The number of carbonyl (C=O) groups excluding carboxylic acids is 1. The van der Waals surface area contributed by atoms with Crippen LogP contribution < -0.4 is 24.9 Å². The van der Waals surface area contributed by atoms with E-state index in [0.717, 1.165) is 43.0 Å². The molecule has 0 aliphatic carbocycles. The summed E-state index contributed by atoms with van der Waals surface area (Å²) < 4.78 is 12.7. The maximum absolute atomic E-state index is 13.5. The first-order valence-electron chi connectivity index (χ1n) is 19.0. The van der Waals surface area contributed by atoms with Gasteiger partial charge in [-0.25, -0.2) is 4.98 Å². The SMILES string of the molecule is CCCCCCCCN(CCCCCCCC)c1ccc(C=c2c(C(=O)NCCCC)nn3c(-c4cc(OC)ccc4OC)nnc23)c(C)n1. The first kappa shape index (κ1) is 38.6. The molecule has 0 radical (unpaired) electrons. The number of aryl methyl sites for hydroxylation is 1. The molecule has 0 saturated carbocycles. The van der Waals surface area contributed by atoms with Gasteiger partial charge in [-0.3, -0.25) is 4.79 Å². The summed E-state index contributed by atoms with van der Waals surface area (Å²) in [7, 11) is 3.22. The maximum atomic E-state index is 13.5.